The van der Waals surface area contributed by atoms with Crippen LogP contribution in [0.2, 0.25) is 0 Å². The Kier molecular flexibility index (Phi) is 5.86. The summed E-state index contributed by atoms with van der Waals surface area (Å²) in [5, 5.41) is 0. The van der Waals surface area contributed by atoms with Gasteiger partial charge in [-0.3, -0.25) is 9.59 Å². The lowest BCUT2D eigenvalue weighted by molar-refractivity contribution is -0.119. The summed E-state index contributed by atoms with van der Waals surface area (Å²) >= 11 is 0. The van der Waals surface area contributed by atoms with E-state index in [4.69, 9.17) is 0 Å². The molecule has 4 rings (SSSR count). The smallest absolute Gasteiger partial charge is 0.230 e. The average Bonchev–Trinajstić information content (AvgIpc) is 3.61. The van der Waals surface area contributed by atoms with Crippen molar-refractivity contribution in [2.75, 3.05) is 49.6 Å². The maximum Gasteiger partial charge on any atom is 0.230 e. The Balaban J connectivity index is 1.65. The highest BCUT2D eigenvalue weighted by atomic mass is 16.2. The van der Waals surface area contributed by atoms with Crippen LogP contribution in [0.5, 0.6) is 0 Å². The van der Waals surface area contributed by atoms with Crippen molar-refractivity contribution >= 4 is 23.7 Å². The minimum atomic E-state index is 0.136. The molecule has 6 heteroatoms. The van der Waals surface area contributed by atoms with E-state index in [1.165, 1.54) is 0 Å². The molecule has 1 aliphatic heterocycles. The number of likely N-dealkylation sites (N-methyl/N-ethyl adjacent to an activating group) is 1. The van der Waals surface area contributed by atoms with Gasteiger partial charge in [0, 0.05) is 61.7 Å². The minimum Gasteiger partial charge on any atom is -0.354 e. The fraction of sp³-hybridized carbons (Fsp3) is 0.458. The number of nitrogens with zero attached hydrogens (tertiary/aromatic N) is 4. The van der Waals surface area contributed by atoms with Gasteiger partial charge >= 0.3 is 0 Å². The predicted molar refractivity (Wildman–Crippen MR) is 120 cm³/mol. The summed E-state index contributed by atoms with van der Waals surface area (Å²) in [7, 11) is 2.14. The third-order valence-electron chi connectivity index (χ3n) is 6.26. The Hall–Kier alpha value is -2.73. The lowest BCUT2D eigenvalue weighted by atomic mass is 9.98. The van der Waals surface area contributed by atoms with E-state index in [9.17, 15) is 9.59 Å². The van der Waals surface area contributed by atoms with E-state index in [1.807, 2.05) is 43.1 Å². The molecule has 0 atom stereocenters. The number of amides is 1. The van der Waals surface area contributed by atoms with Gasteiger partial charge in [0.1, 0.15) is 12.1 Å². The zero-order valence-electron chi connectivity index (χ0n) is 18.1. The SMILES string of the molecule is CCN(C(=O)C1CC1)c1cc(-c2ccc(N3CCN(C)CC3)nc2)cc(C=O)c1C. The van der Waals surface area contributed by atoms with Crippen molar-refractivity contribution in [1.82, 2.24) is 9.88 Å². The molecule has 1 aliphatic carbocycles. The Labute approximate surface area is 178 Å². The van der Waals surface area contributed by atoms with E-state index in [1.54, 1.807) is 0 Å². The first-order chi connectivity index (χ1) is 14.5. The number of hydrogen-bond acceptors (Lipinski definition) is 5. The van der Waals surface area contributed by atoms with Crippen molar-refractivity contribution < 1.29 is 9.59 Å². The molecule has 2 aliphatic rings. The van der Waals surface area contributed by atoms with Crippen LogP contribution in [-0.4, -0.2) is 61.8 Å². The molecule has 1 aromatic carbocycles. The second-order valence-corrected chi connectivity index (χ2v) is 8.38. The van der Waals surface area contributed by atoms with Crippen molar-refractivity contribution in [2.45, 2.75) is 26.7 Å². The zero-order chi connectivity index (χ0) is 21.3. The van der Waals surface area contributed by atoms with Crippen LogP contribution in [0.3, 0.4) is 0 Å². The molecule has 1 saturated carbocycles. The third kappa shape index (κ3) is 4.10. The minimum absolute atomic E-state index is 0.136. The molecule has 0 unspecified atom stereocenters. The lowest BCUT2D eigenvalue weighted by Crippen LogP contribution is -2.44. The van der Waals surface area contributed by atoms with Crippen LogP contribution in [0, 0.1) is 12.8 Å². The van der Waals surface area contributed by atoms with E-state index in [0.717, 1.165) is 73.5 Å². The fourth-order valence-electron chi connectivity index (χ4n) is 4.07. The van der Waals surface area contributed by atoms with E-state index >= 15 is 0 Å². The standard InChI is InChI=1S/C24H30N4O2/c1-4-28(24(30)18-5-6-18)22-14-20(13-21(16-29)17(22)2)19-7-8-23(25-15-19)27-11-9-26(3)10-12-27/h7-8,13-16,18H,4-6,9-12H2,1-3H3. The highest BCUT2D eigenvalue weighted by molar-refractivity contribution is 5.99. The Morgan fingerprint density at radius 3 is 2.47 bits per heavy atom. The topological polar surface area (TPSA) is 56.8 Å². The molecular weight excluding hydrogens is 376 g/mol. The van der Waals surface area contributed by atoms with Gasteiger partial charge in [0.25, 0.3) is 0 Å². The molecule has 0 spiro atoms. The molecule has 158 valence electrons. The van der Waals surface area contributed by atoms with Crippen LogP contribution < -0.4 is 9.80 Å². The number of benzene rings is 1. The van der Waals surface area contributed by atoms with Crippen molar-refractivity contribution in [3.05, 3.63) is 41.6 Å². The molecule has 2 heterocycles. The Bertz CT molecular complexity index is 929. The van der Waals surface area contributed by atoms with Crippen LogP contribution in [0.4, 0.5) is 11.5 Å². The summed E-state index contributed by atoms with van der Waals surface area (Å²) < 4.78 is 0. The summed E-state index contributed by atoms with van der Waals surface area (Å²) in [6.45, 7) is 8.52. The third-order valence-corrected chi connectivity index (χ3v) is 6.26. The van der Waals surface area contributed by atoms with Gasteiger partial charge in [0.05, 0.1) is 0 Å². The Morgan fingerprint density at radius 1 is 1.17 bits per heavy atom. The van der Waals surface area contributed by atoms with E-state index in [0.29, 0.717) is 12.1 Å². The summed E-state index contributed by atoms with van der Waals surface area (Å²) in [4.78, 5) is 35.7. The molecular formula is C24H30N4O2. The second-order valence-electron chi connectivity index (χ2n) is 8.38. The number of aromatic nitrogens is 1. The number of carbonyl (C=O) groups is 2. The van der Waals surface area contributed by atoms with Crippen molar-refractivity contribution in [2.24, 2.45) is 5.92 Å². The van der Waals surface area contributed by atoms with Crippen molar-refractivity contribution in [3.8, 4) is 11.1 Å². The van der Waals surface area contributed by atoms with Crippen LogP contribution in [0.15, 0.2) is 30.5 Å². The number of pyridine rings is 1. The van der Waals surface area contributed by atoms with E-state index in [2.05, 4.69) is 27.9 Å². The van der Waals surface area contributed by atoms with Gasteiger partial charge in [-0.1, -0.05) is 0 Å². The summed E-state index contributed by atoms with van der Waals surface area (Å²) in [5.74, 6) is 1.28. The number of carbonyl (C=O) groups excluding carboxylic acids is 2. The molecule has 30 heavy (non-hydrogen) atoms. The van der Waals surface area contributed by atoms with Gasteiger partial charge in [-0.05, 0) is 69.1 Å². The molecule has 0 radical (unpaired) electrons. The maximum atomic E-state index is 12.8. The van der Waals surface area contributed by atoms with Gasteiger partial charge in [0.2, 0.25) is 5.91 Å². The first-order valence-electron chi connectivity index (χ1n) is 10.8. The zero-order valence-corrected chi connectivity index (χ0v) is 18.1. The summed E-state index contributed by atoms with van der Waals surface area (Å²) in [5.41, 5.74) is 4.17. The first kappa shape index (κ1) is 20.5. The van der Waals surface area contributed by atoms with Gasteiger partial charge in [0.15, 0.2) is 0 Å². The first-order valence-corrected chi connectivity index (χ1v) is 10.8. The molecule has 0 N–H and O–H groups in total. The quantitative estimate of drug-likeness (QED) is 0.689. The molecule has 1 aromatic heterocycles. The van der Waals surface area contributed by atoms with Gasteiger partial charge in [-0.25, -0.2) is 4.98 Å². The Morgan fingerprint density at radius 2 is 1.90 bits per heavy atom. The maximum absolute atomic E-state index is 12.8. The van der Waals surface area contributed by atoms with Gasteiger partial charge in [-0.15, -0.1) is 0 Å². The van der Waals surface area contributed by atoms with Gasteiger partial charge in [-0.2, -0.15) is 0 Å². The van der Waals surface area contributed by atoms with Gasteiger partial charge < -0.3 is 14.7 Å². The number of anilines is 2. The number of hydrogen-bond donors (Lipinski definition) is 0. The van der Waals surface area contributed by atoms with Crippen LogP contribution in [0.1, 0.15) is 35.7 Å². The largest absolute Gasteiger partial charge is 0.354 e. The number of aldehydes is 1. The molecule has 0 bridgehead atoms. The van der Waals surface area contributed by atoms with Crippen LogP contribution in [0.25, 0.3) is 11.1 Å². The highest BCUT2D eigenvalue weighted by Gasteiger charge is 2.34. The number of piperazine rings is 1. The lowest BCUT2D eigenvalue weighted by Gasteiger charge is -2.33. The van der Waals surface area contributed by atoms with Crippen LogP contribution in [-0.2, 0) is 4.79 Å². The number of rotatable bonds is 6. The van der Waals surface area contributed by atoms with E-state index in [-0.39, 0.29) is 11.8 Å². The van der Waals surface area contributed by atoms with Crippen molar-refractivity contribution in [3.63, 3.8) is 0 Å². The molecule has 2 fully saturated rings. The predicted octanol–water partition coefficient (Wildman–Crippen LogP) is 3.38. The monoisotopic (exact) mass is 406 g/mol. The van der Waals surface area contributed by atoms with Crippen molar-refractivity contribution in [1.29, 1.82) is 0 Å². The molecule has 1 amide bonds. The molecule has 2 aromatic rings. The summed E-state index contributed by atoms with van der Waals surface area (Å²) in [6.07, 6.45) is 4.68. The molecule has 6 nitrogen and oxygen atoms in total. The average molecular weight is 407 g/mol. The van der Waals surface area contributed by atoms with Crippen LogP contribution >= 0.6 is 0 Å². The highest BCUT2D eigenvalue weighted by Crippen LogP contribution is 2.36. The normalized spacial score (nSPS) is 17.1. The summed E-state index contributed by atoms with van der Waals surface area (Å²) in [6, 6.07) is 8.03. The fourth-order valence-corrected chi connectivity index (χ4v) is 4.07. The van der Waals surface area contributed by atoms with E-state index < -0.39 is 0 Å². The molecule has 1 saturated heterocycles. The second kappa shape index (κ2) is 8.56.